The number of halogens is 2. The van der Waals surface area contributed by atoms with Crippen molar-refractivity contribution in [1.29, 1.82) is 0 Å². The fourth-order valence-corrected chi connectivity index (χ4v) is 4.60. The molecule has 1 aliphatic carbocycles. The van der Waals surface area contributed by atoms with Crippen molar-refractivity contribution in [2.75, 3.05) is 5.75 Å². The number of primary sulfonamides is 1. The van der Waals surface area contributed by atoms with Crippen LogP contribution in [-0.2, 0) is 16.4 Å². The predicted octanol–water partition coefficient (Wildman–Crippen LogP) is 3.63. The standard InChI is InChI=1S/C24H21F2N5O3S/c25-18-10-19(26)17(9-14(18)3-2-8-35(27,33)34)22(32)20-16-4-1-7-28-24(16)31-21(20)15-11-29-23(30-12-15)13-5-6-13/h1,4,7,9-13H,2-3,5-6,8H2,(H,28,31)(H2,27,33,34). The lowest BCUT2D eigenvalue weighted by atomic mass is 9.96. The molecule has 1 saturated carbocycles. The minimum absolute atomic E-state index is 0.0232. The molecule has 0 spiro atoms. The Morgan fingerprint density at radius 3 is 2.54 bits per heavy atom. The second kappa shape index (κ2) is 8.90. The number of nitrogens with two attached hydrogens (primary N) is 1. The Labute approximate surface area is 199 Å². The van der Waals surface area contributed by atoms with Crippen LogP contribution in [0.25, 0.3) is 22.3 Å². The average Bonchev–Trinajstić information content (AvgIpc) is 3.59. The third kappa shape index (κ3) is 4.82. The number of hydrogen-bond donors (Lipinski definition) is 2. The number of nitrogens with zero attached hydrogens (tertiary/aromatic N) is 3. The first-order chi connectivity index (χ1) is 16.7. The molecule has 1 fully saturated rings. The number of aromatic amines is 1. The molecule has 5 rings (SSSR count). The van der Waals surface area contributed by atoms with Gasteiger partial charge in [0, 0.05) is 41.5 Å². The highest BCUT2D eigenvalue weighted by molar-refractivity contribution is 7.89. The summed E-state index contributed by atoms with van der Waals surface area (Å²) in [7, 11) is -3.73. The van der Waals surface area contributed by atoms with Gasteiger partial charge in [-0.2, -0.15) is 0 Å². The van der Waals surface area contributed by atoms with E-state index in [0.29, 0.717) is 34.3 Å². The molecular formula is C24H21F2N5O3S. The van der Waals surface area contributed by atoms with Crippen molar-refractivity contribution in [3.63, 3.8) is 0 Å². The van der Waals surface area contributed by atoms with E-state index in [1.54, 1.807) is 30.7 Å². The van der Waals surface area contributed by atoms with E-state index in [4.69, 9.17) is 5.14 Å². The van der Waals surface area contributed by atoms with Gasteiger partial charge in [-0.1, -0.05) is 0 Å². The molecule has 4 aromatic rings. The molecule has 0 radical (unpaired) electrons. The topological polar surface area (TPSA) is 132 Å². The quantitative estimate of drug-likeness (QED) is 0.357. The van der Waals surface area contributed by atoms with Crippen LogP contribution in [-0.4, -0.2) is 39.9 Å². The van der Waals surface area contributed by atoms with Gasteiger partial charge in [0.05, 0.1) is 22.6 Å². The molecule has 1 aliphatic rings. The number of hydrogen-bond acceptors (Lipinski definition) is 6. The summed E-state index contributed by atoms with van der Waals surface area (Å²) in [5.41, 5.74) is 1.19. The van der Waals surface area contributed by atoms with E-state index in [0.717, 1.165) is 24.7 Å². The maximum absolute atomic E-state index is 14.8. The zero-order chi connectivity index (χ0) is 24.7. The molecule has 3 aromatic heterocycles. The van der Waals surface area contributed by atoms with Gasteiger partial charge in [0.15, 0.2) is 5.78 Å². The third-order valence-corrected chi connectivity index (χ3v) is 6.81. The number of nitrogens with one attached hydrogen (secondary N) is 1. The van der Waals surface area contributed by atoms with E-state index < -0.39 is 27.4 Å². The number of aryl methyl sites for hydroxylation is 1. The summed E-state index contributed by atoms with van der Waals surface area (Å²) in [6.07, 6.45) is 6.88. The number of fused-ring (bicyclic) bond motifs is 1. The molecule has 0 amide bonds. The minimum Gasteiger partial charge on any atom is -0.339 e. The fraction of sp³-hybridized carbons (Fsp3) is 0.250. The Bertz CT molecular complexity index is 1550. The molecule has 11 heteroatoms. The van der Waals surface area contributed by atoms with Gasteiger partial charge < -0.3 is 4.98 Å². The molecule has 1 aromatic carbocycles. The van der Waals surface area contributed by atoms with E-state index in [9.17, 15) is 22.0 Å². The number of carbonyl (C=O) groups is 1. The van der Waals surface area contributed by atoms with Gasteiger partial charge in [-0.15, -0.1) is 0 Å². The number of rotatable bonds is 8. The Balaban J connectivity index is 1.56. The van der Waals surface area contributed by atoms with E-state index in [1.165, 1.54) is 0 Å². The number of sulfonamides is 1. The number of ketones is 1. The number of aromatic nitrogens is 4. The van der Waals surface area contributed by atoms with Gasteiger partial charge in [0.2, 0.25) is 10.0 Å². The molecule has 3 heterocycles. The Kier molecular flexibility index (Phi) is 5.89. The number of H-pyrrole nitrogens is 1. The molecule has 0 bridgehead atoms. The lowest BCUT2D eigenvalue weighted by Crippen LogP contribution is -2.17. The molecule has 0 aliphatic heterocycles. The van der Waals surface area contributed by atoms with Crippen molar-refractivity contribution < 1.29 is 22.0 Å². The number of carbonyl (C=O) groups excluding carboxylic acids is 1. The van der Waals surface area contributed by atoms with Crippen LogP contribution in [0, 0.1) is 11.6 Å². The Morgan fingerprint density at radius 1 is 1.11 bits per heavy atom. The van der Waals surface area contributed by atoms with Crippen LogP contribution >= 0.6 is 0 Å². The molecule has 35 heavy (non-hydrogen) atoms. The fourth-order valence-electron chi connectivity index (χ4n) is 4.05. The van der Waals surface area contributed by atoms with Crippen LogP contribution in [0.2, 0.25) is 0 Å². The van der Waals surface area contributed by atoms with Gasteiger partial charge in [-0.3, -0.25) is 4.79 Å². The van der Waals surface area contributed by atoms with Gasteiger partial charge in [-0.05, 0) is 49.4 Å². The van der Waals surface area contributed by atoms with E-state index in [-0.39, 0.29) is 35.3 Å². The smallest absolute Gasteiger partial charge is 0.209 e. The van der Waals surface area contributed by atoms with Crippen LogP contribution in [0.1, 0.15) is 52.5 Å². The maximum atomic E-state index is 14.8. The van der Waals surface area contributed by atoms with Gasteiger partial charge >= 0.3 is 0 Å². The highest BCUT2D eigenvalue weighted by Gasteiger charge is 2.28. The normalized spacial score (nSPS) is 13.9. The zero-order valence-corrected chi connectivity index (χ0v) is 19.3. The largest absolute Gasteiger partial charge is 0.339 e. The van der Waals surface area contributed by atoms with Gasteiger partial charge in [0.1, 0.15) is 23.1 Å². The van der Waals surface area contributed by atoms with Crippen molar-refractivity contribution in [3.05, 3.63) is 77.0 Å². The van der Waals surface area contributed by atoms with E-state index in [1.807, 2.05) is 0 Å². The maximum Gasteiger partial charge on any atom is 0.209 e. The minimum atomic E-state index is -3.73. The van der Waals surface area contributed by atoms with Crippen LogP contribution < -0.4 is 5.14 Å². The monoisotopic (exact) mass is 497 g/mol. The molecule has 180 valence electrons. The first-order valence-corrected chi connectivity index (χ1v) is 12.7. The molecule has 0 saturated heterocycles. The van der Waals surface area contributed by atoms with Gasteiger partial charge in [0.25, 0.3) is 0 Å². The van der Waals surface area contributed by atoms with Crippen molar-refractivity contribution in [3.8, 4) is 11.3 Å². The average molecular weight is 498 g/mol. The Hall–Kier alpha value is -3.57. The number of pyridine rings is 1. The molecule has 0 unspecified atom stereocenters. The van der Waals surface area contributed by atoms with Crippen molar-refractivity contribution >= 4 is 26.8 Å². The second-order valence-electron chi connectivity index (χ2n) is 8.60. The van der Waals surface area contributed by atoms with Crippen LogP contribution in [0.4, 0.5) is 8.78 Å². The molecule has 8 nitrogen and oxygen atoms in total. The summed E-state index contributed by atoms with van der Waals surface area (Å²) < 4.78 is 51.6. The van der Waals surface area contributed by atoms with Gasteiger partial charge in [-0.25, -0.2) is 37.3 Å². The lowest BCUT2D eigenvalue weighted by molar-refractivity contribution is 0.103. The van der Waals surface area contributed by atoms with E-state index in [2.05, 4.69) is 19.9 Å². The number of benzene rings is 1. The van der Waals surface area contributed by atoms with Crippen LogP contribution in [0.5, 0.6) is 0 Å². The van der Waals surface area contributed by atoms with Crippen molar-refractivity contribution in [1.82, 2.24) is 19.9 Å². The predicted molar refractivity (Wildman–Crippen MR) is 125 cm³/mol. The molecule has 0 atom stereocenters. The first-order valence-electron chi connectivity index (χ1n) is 11.0. The van der Waals surface area contributed by atoms with Crippen molar-refractivity contribution in [2.24, 2.45) is 5.14 Å². The molecular weight excluding hydrogens is 476 g/mol. The summed E-state index contributed by atoms with van der Waals surface area (Å²) in [5.74, 6) is -1.82. The summed E-state index contributed by atoms with van der Waals surface area (Å²) >= 11 is 0. The summed E-state index contributed by atoms with van der Waals surface area (Å²) in [5, 5.41) is 5.47. The second-order valence-corrected chi connectivity index (χ2v) is 10.3. The van der Waals surface area contributed by atoms with Crippen LogP contribution in [0.3, 0.4) is 0 Å². The summed E-state index contributed by atoms with van der Waals surface area (Å²) in [6.45, 7) is 0. The van der Waals surface area contributed by atoms with E-state index >= 15 is 0 Å². The zero-order valence-electron chi connectivity index (χ0n) is 18.5. The van der Waals surface area contributed by atoms with Crippen molar-refractivity contribution in [2.45, 2.75) is 31.6 Å². The highest BCUT2D eigenvalue weighted by atomic mass is 32.2. The first kappa shape index (κ1) is 23.2. The highest BCUT2D eigenvalue weighted by Crippen LogP contribution is 2.38. The summed E-state index contributed by atoms with van der Waals surface area (Å²) in [6, 6.07) is 5.11. The molecule has 3 N–H and O–H groups in total. The van der Waals surface area contributed by atoms with Crippen LogP contribution in [0.15, 0.2) is 42.9 Å². The third-order valence-electron chi connectivity index (χ3n) is 5.96. The Morgan fingerprint density at radius 2 is 1.86 bits per heavy atom. The SMILES string of the molecule is NS(=O)(=O)CCCc1cc(C(=O)c2c(-c3cnc(C4CC4)nc3)[nH]c3ncccc23)c(F)cc1F. The lowest BCUT2D eigenvalue weighted by Gasteiger charge is -2.09. The summed E-state index contributed by atoms with van der Waals surface area (Å²) in [4.78, 5) is 29.8.